The maximum atomic E-state index is 12.4. The number of amides is 1. The van der Waals surface area contributed by atoms with Gasteiger partial charge in [0, 0.05) is 12.0 Å². The first kappa shape index (κ1) is 15.6. The Balaban J connectivity index is 1.38. The van der Waals surface area contributed by atoms with Crippen LogP contribution in [0.25, 0.3) is 0 Å². The molecule has 1 aliphatic carbocycles. The van der Waals surface area contributed by atoms with Crippen LogP contribution in [0.3, 0.4) is 0 Å². The van der Waals surface area contributed by atoms with Crippen molar-refractivity contribution in [1.82, 2.24) is 20.3 Å². The Bertz CT molecular complexity index is 854. The highest BCUT2D eigenvalue weighted by Crippen LogP contribution is 2.47. The normalized spacial score (nSPS) is 14.9. The second kappa shape index (κ2) is 6.51. The van der Waals surface area contributed by atoms with Gasteiger partial charge in [0.15, 0.2) is 5.69 Å². The first-order valence-corrected chi connectivity index (χ1v) is 8.53. The second-order valence-electron chi connectivity index (χ2n) is 6.62. The number of nitrogens with zero attached hydrogens (tertiary/aromatic N) is 3. The highest BCUT2D eigenvalue weighted by molar-refractivity contribution is 5.91. The fraction of sp³-hybridized carbons (Fsp3) is 0.250. The minimum absolute atomic E-state index is 0.0942. The van der Waals surface area contributed by atoms with Crippen LogP contribution in [-0.2, 0) is 12.0 Å². The molecule has 1 heterocycles. The maximum Gasteiger partial charge on any atom is 0.273 e. The van der Waals surface area contributed by atoms with E-state index in [9.17, 15) is 4.79 Å². The molecule has 5 nitrogen and oxygen atoms in total. The van der Waals surface area contributed by atoms with Gasteiger partial charge in [-0.05, 0) is 24.0 Å². The summed E-state index contributed by atoms with van der Waals surface area (Å²) in [5.41, 5.74) is 2.87. The zero-order chi connectivity index (χ0) is 17.1. The molecule has 5 heteroatoms. The van der Waals surface area contributed by atoms with Crippen molar-refractivity contribution in [3.63, 3.8) is 0 Å². The molecule has 126 valence electrons. The Morgan fingerprint density at radius 3 is 2.40 bits per heavy atom. The maximum absolute atomic E-state index is 12.4. The summed E-state index contributed by atoms with van der Waals surface area (Å²) in [4.78, 5) is 12.4. The number of nitrogens with one attached hydrogen (secondary N) is 1. The lowest BCUT2D eigenvalue weighted by Gasteiger charge is -2.15. The number of carbonyl (C=O) groups is 1. The molecule has 1 saturated carbocycles. The molecule has 0 spiro atoms. The van der Waals surface area contributed by atoms with E-state index in [2.05, 4.69) is 27.8 Å². The Morgan fingerprint density at radius 2 is 1.72 bits per heavy atom. The van der Waals surface area contributed by atoms with Crippen molar-refractivity contribution in [3.05, 3.63) is 83.7 Å². The smallest absolute Gasteiger partial charge is 0.273 e. The summed E-state index contributed by atoms with van der Waals surface area (Å²) in [6.45, 7) is 1.25. The lowest BCUT2D eigenvalue weighted by Crippen LogP contribution is -2.32. The Labute approximate surface area is 146 Å². The molecule has 1 aromatic heterocycles. The van der Waals surface area contributed by atoms with Crippen LogP contribution >= 0.6 is 0 Å². The summed E-state index contributed by atoms with van der Waals surface area (Å²) in [5, 5.41) is 11.1. The molecule has 1 fully saturated rings. The van der Waals surface area contributed by atoms with Crippen LogP contribution in [0.4, 0.5) is 0 Å². The number of hydrogen-bond acceptors (Lipinski definition) is 3. The molecule has 1 N–H and O–H groups in total. The van der Waals surface area contributed by atoms with Crippen molar-refractivity contribution < 1.29 is 4.79 Å². The van der Waals surface area contributed by atoms with E-state index in [0.29, 0.717) is 18.8 Å². The first-order chi connectivity index (χ1) is 12.3. The lowest BCUT2D eigenvalue weighted by molar-refractivity contribution is 0.0944. The van der Waals surface area contributed by atoms with Gasteiger partial charge in [-0.15, -0.1) is 5.10 Å². The molecule has 1 amide bonds. The number of hydrogen-bond donors (Lipinski definition) is 1. The first-order valence-electron chi connectivity index (χ1n) is 8.53. The van der Waals surface area contributed by atoms with E-state index in [1.54, 1.807) is 10.9 Å². The van der Waals surface area contributed by atoms with E-state index in [1.807, 2.05) is 48.5 Å². The van der Waals surface area contributed by atoms with Crippen LogP contribution in [0.15, 0.2) is 66.9 Å². The van der Waals surface area contributed by atoms with Crippen molar-refractivity contribution in [3.8, 4) is 0 Å². The predicted octanol–water partition coefficient (Wildman–Crippen LogP) is 2.79. The molecule has 0 radical (unpaired) electrons. The molecular formula is C20H20N4O. The van der Waals surface area contributed by atoms with Crippen molar-refractivity contribution in [2.45, 2.75) is 24.8 Å². The van der Waals surface area contributed by atoms with Crippen molar-refractivity contribution >= 4 is 5.91 Å². The Hall–Kier alpha value is -2.95. The summed E-state index contributed by atoms with van der Waals surface area (Å²) < 4.78 is 1.69. The Kier molecular flexibility index (Phi) is 4.06. The van der Waals surface area contributed by atoms with Gasteiger partial charge >= 0.3 is 0 Å². The number of benzene rings is 2. The molecule has 2 aromatic carbocycles. The van der Waals surface area contributed by atoms with Gasteiger partial charge < -0.3 is 5.32 Å². The molecule has 0 unspecified atom stereocenters. The van der Waals surface area contributed by atoms with Crippen LogP contribution in [-0.4, -0.2) is 27.4 Å². The van der Waals surface area contributed by atoms with Crippen LogP contribution in [0.2, 0.25) is 0 Å². The van der Waals surface area contributed by atoms with E-state index in [0.717, 1.165) is 18.4 Å². The van der Waals surface area contributed by atoms with E-state index in [1.165, 1.54) is 5.56 Å². The van der Waals surface area contributed by atoms with Crippen LogP contribution in [0.1, 0.15) is 34.5 Å². The number of rotatable bonds is 6. The summed E-state index contributed by atoms with van der Waals surface area (Å²) >= 11 is 0. The van der Waals surface area contributed by atoms with Crippen LogP contribution in [0.5, 0.6) is 0 Å². The summed E-state index contributed by atoms with van der Waals surface area (Å²) in [6, 6.07) is 20.4. The minimum Gasteiger partial charge on any atom is -0.350 e. The van der Waals surface area contributed by atoms with Crippen LogP contribution < -0.4 is 5.32 Å². The van der Waals surface area contributed by atoms with Crippen molar-refractivity contribution in [2.75, 3.05) is 6.54 Å². The largest absolute Gasteiger partial charge is 0.350 e. The van der Waals surface area contributed by atoms with Gasteiger partial charge in [0.05, 0.1) is 12.7 Å². The zero-order valence-electron chi connectivity index (χ0n) is 13.9. The number of carbonyl (C=O) groups excluding carboxylic acids is 1. The van der Waals surface area contributed by atoms with Crippen LogP contribution in [0, 0.1) is 0 Å². The molecule has 25 heavy (non-hydrogen) atoms. The van der Waals surface area contributed by atoms with Crippen molar-refractivity contribution in [2.24, 2.45) is 0 Å². The lowest BCUT2D eigenvalue weighted by atomic mass is 9.96. The van der Waals surface area contributed by atoms with Gasteiger partial charge in [0.2, 0.25) is 0 Å². The molecule has 0 aliphatic heterocycles. The van der Waals surface area contributed by atoms with Gasteiger partial charge in [0.25, 0.3) is 5.91 Å². The summed E-state index contributed by atoms with van der Waals surface area (Å²) in [5.74, 6) is -0.165. The molecule has 0 saturated heterocycles. The second-order valence-corrected chi connectivity index (χ2v) is 6.62. The topological polar surface area (TPSA) is 59.8 Å². The average Bonchev–Trinajstić information content (AvgIpc) is 3.32. The summed E-state index contributed by atoms with van der Waals surface area (Å²) in [7, 11) is 0. The minimum atomic E-state index is -0.165. The summed E-state index contributed by atoms with van der Waals surface area (Å²) in [6.07, 6.45) is 3.92. The third-order valence-corrected chi connectivity index (χ3v) is 4.79. The quantitative estimate of drug-likeness (QED) is 0.755. The fourth-order valence-electron chi connectivity index (χ4n) is 3.10. The third kappa shape index (κ3) is 3.45. The van der Waals surface area contributed by atoms with Gasteiger partial charge in [-0.3, -0.25) is 4.79 Å². The Morgan fingerprint density at radius 1 is 1.04 bits per heavy atom. The highest BCUT2D eigenvalue weighted by atomic mass is 16.2. The zero-order valence-corrected chi connectivity index (χ0v) is 13.9. The van der Waals surface area contributed by atoms with E-state index in [4.69, 9.17) is 0 Å². The monoisotopic (exact) mass is 332 g/mol. The highest BCUT2D eigenvalue weighted by Gasteiger charge is 2.44. The fourth-order valence-corrected chi connectivity index (χ4v) is 3.10. The van der Waals surface area contributed by atoms with E-state index < -0.39 is 0 Å². The molecule has 3 aromatic rings. The van der Waals surface area contributed by atoms with Crippen molar-refractivity contribution in [1.29, 1.82) is 0 Å². The molecule has 1 aliphatic rings. The molecule has 0 bridgehead atoms. The van der Waals surface area contributed by atoms with E-state index in [-0.39, 0.29) is 11.3 Å². The molecule has 4 rings (SSSR count). The van der Waals surface area contributed by atoms with Gasteiger partial charge in [0.1, 0.15) is 0 Å². The van der Waals surface area contributed by atoms with Gasteiger partial charge in [-0.25, -0.2) is 4.68 Å². The number of aromatic nitrogens is 3. The molecule has 0 atom stereocenters. The van der Waals surface area contributed by atoms with E-state index >= 15 is 0 Å². The third-order valence-electron chi connectivity index (χ3n) is 4.79. The van der Waals surface area contributed by atoms with Gasteiger partial charge in [-0.2, -0.15) is 0 Å². The standard InChI is InChI=1S/C20H20N4O/c25-19(21-15-20(11-12-20)17-9-5-2-6-10-17)18-14-24(23-22-18)13-16-7-3-1-4-8-16/h1-10,14H,11-13,15H2,(H,21,25). The average molecular weight is 332 g/mol. The molecular weight excluding hydrogens is 312 g/mol. The van der Waals surface area contributed by atoms with Gasteiger partial charge in [-0.1, -0.05) is 65.9 Å². The SMILES string of the molecule is O=C(NCC1(c2ccccc2)CC1)c1cn(Cc2ccccc2)nn1. The predicted molar refractivity (Wildman–Crippen MR) is 95.3 cm³/mol.